The van der Waals surface area contributed by atoms with E-state index in [4.69, 9.17) is 0 Å². The summed E-state index contributed by atoms with van der Waals surface area (Å²) >= 11 is -1.84. The lowest BCUT2D eigenvalue weighted by Crippen LogP contribution is -2.28. The van der Waals surface area contributed by atoms with Crippen LogP contribution in [0.5, 0.6) is 0 Å². The molecule has 2 aromatic rings. The maximum Gasteiger partial charge on any atom is 0.449 e. The van der Waals surface area contributed by atoms with Crippen LogP contribution in [0.1, 0.15) is 17.1 Å². The second-order valence-electron chi connectivity index (χ2n) is 5.31. The number of hydrogen-bond donors (Lipinski definition) is 0. The first-order valence-electron chi connectivity index (χ1n) is 7.04. The van der Waals surface area contributed by atoms with Crippen molar-refractivity contribution in [2.75, 3.05) is 14.2 Å². The van der Waals surface area contributed by atoms with Crippen molar-refractivity contribution in [3.63, 3.8) is 0 Å². The summed E-state index contributed by atoms with van der Waals surface area (Å²) in [6.45, 7) is 3.19. The predicted molar refractivity (Wildman–Crippen MR) is 85.1 cm³/mol. The van der Waals surface area contributed by atoms with Gasteiger partial charge in [0, 0.05) is 18.3 Å². The number of hydrogen-bond acceptors (Lipinski definition) is 3. The van der Waals surface area contributed by atoms with Gasteiger partial charge in [0.15, 0.2) is 0 Å². The molecule has 0 bridgehead atoms. The second kappa shape index (κ2) is 7.04. The normalized spacial score (nSPS) is 13.5. The van der Waals surface area contributed by atoms with E-state index in [0.29, 0.717) is 11.3 Å². The monoisotopic (exact) mass is 361 g/mol. The first-order valence-corrected chi connectivity index (χ1v) is 8.07. The quantitative estimate of drug-likeness (QED) is 0.821. The van der Waals surface area contributed by atoms with Crippen LogP contribution in [0.15, 0.2) is 24.3 Å². The molecule has 2 rings (SSSR count). The third kappa shape index (κ3) is 3.85. The highest BCUT2D eigenvalue weighted by Crippen LogP contribution is 2.33. The van der Waals surface area contributed by atoms with Gasteiger partial charge in [-0.2, -0.15) is 17.5 Å². The minimum Gasteiger partial charge on any atom is -0.310 e. The van der Waals surface area contributed by atoms with Crippen molar-refractivity contribution < 1.29 is 21.6 Å². The van der Waals surface area contributed by atoms with Gasteiger partial charge in [0.1, 0.15) is 0 Å². The Morgan fingerprint density at radius 1 is 1.25 bits per heavy atom. The van der Waals surface area contributed by atoms with Crippen molar-refractivity contribution in [1.82, 2.24) is 13.9 Å². The Balaban J connectivity index is 2.52. The third-order valence-corrected chi connectivity index (χ3v) is 4.45. The highest BCUT2D eigenvalue weighted by molar-refractivity contribution is 7.77. The summed E-state index contributed by atoms with van der Waals surface area (Å²) < 4.78 is 58.4. The number of halogens is 3. The molecular formula is C15H18F3N3O2S. The van der Waals surface area contributed by atoms with Crippen LogP contribution >= 0.6 is 0 Å². The Kier molecular flexibility index (Phi) is 5.46. The minimum atomic E-state index is -4.62. The Bertz CT molecular complexity index is 742. The van der Waals surface area contributed by atoms with E-state index in [-0.39, 0.29) is 12.4 Å². The van der Waals surface area contributed by atoms with Gasteiger partial charge in [0.05, 0.1) is 19.5 Å². The summed E-state index contributed by atoms with van der Waals surface area (Å²) in [6.07, 6.45) is -4.62. The third-order valence-electron chi connectivity index (χ3n) is 3.54. The Morgan fingerprint density at radius 2 is 1.83 bits per heavy atom. The molecule has 0 aliphatic rings. The van der Waals surface area contributed by atoms with E-state index < -0.39 is 23.3 Å². The van der Waals surface area contributed by atoms with Gasteiger partial charge in [0.25, 0.3) is 0 Å². The summed E-state index contributed by atoms with van der Waals surface area (Å²) in [5.74, 6) is -1.03. The maximum atomic E-state index is 13.3. The molecule has 0 saturated heterocycles. The highest BCUT2D eigenvalue weighted by Gasteiger charge is 2.38. The minimum absolute atomic E-state index is 0.249. The molecule has 0 saturated carbocycles. The van der Waals surface area contributed by atoms with Gasteiger partial charge >= 0.3 is 6.18 Å². The fraction of sp³-hybridized carbons (Fsp3) is 0.400. The first kappa shape index (κ1) is 18.6. The SMILES string of the molecule is COS(=O)N(C)Cn1c(C(F)(F)F)nc(-c2ccc(C)cc2)c1C. The maximum absolute atomic E-state index is 13.3. The van der Waals surface area contributed by atoms with E-state index in [1.165, 1.54) is 14.2 Å². The van der Waals surface area contributed by atoms with Crippen molar-refractivity contribution in [3.8, 4) is 11.3 Å². The van der Waals surface area contributed by atoms with Crippen LogP contribution in [0.4, 0.5) is 13.2 Å². The second-order valence-corrected chi connectivity index (χ2v) is 6.71. The number of alkyl halides is 3. The largest absolute Gasteiger partial charge is 0.449 e. The predicted octanol–water partition coefficient (Wildman–Crippen LogP) is 3.30. The zero-order valence-corrected chi connectivity index (χ0v) is 14.5. The molecule has 0 fully saturated rings. The fourth-order valence-corrected chi connectivity index (χ4v) is 2.75. The number of rotatable bonds is 5. The standard InChI is InChI=1S/C15H18F3N3O2S/c1-10-5-7-12(8-6-10)13-11(2)21(9-20(3)24(22)23-4)14(19-13)15(16,17)18/h5-8H,9H2,1-4H3. The molecule has 1 atom stereocenters. The Labute approximate surface area is 140 Å². The summed E-state index contributed by atoms with van der Waals surface area (Å²) in [4.78, 5) is 3.79. The van der Waals surface area contributed by atoms with Crippen molar-refractivity contribution in [2.24, 2.45) is 0 Å². The van der Waals surface area contributed by atoms with Crippen molar-refractivity contribution in [3.05, 3.63) is 41.3 Å². The van der Waals surface area contributed by atoms with Gasteiger partial charge in [-0.05, 0) is 13.8 Å². The molecule has 0 N–H and O–H groups in total. The molecule has 0 amide bonds. The zero-order chi connectivity index (χ0) is 18.1. The van der Waals surface area contributed by atoms with Crippen molar-refractivity contribution in [2.45, 2.75) is 26.7 Å². The van der Waals surface area contributed by atoms with E-state index in [1.54, 1.807) is 19.1 Å². The summed E-state index contributed by atoms with van der Waals surface area (Å²) in [5.41, 5.74) is 2.19. The van der Waals surface area contributed by atoms with E-state index in [0.717, 1.165) is 14.4 Å². The van der Waals surface area contributed by atoms with E-state index in [9.17, 15) is 17.4 Å². The van der Waals surface area contributed by atoms with E-state index in [2.05, 4.69) is 9.17 Å². The number of imidazole rings is 1. The van der Waals surface area contributed by atoms with Crippen LogP contribution < -0.4 is 0 Å². The zero-order valence-electron chi connectivity index (χ0n) is 13.7. The number of benzene rings is 1. The highest BCUT2D eigenvalue weighted by atomic mass is 32.2. The summed E-state index contributed by atoms with van der Waals surface area (Å²) in [6, 6.07) is 7.08. The molecule has 1 aromatic heterocycles. The molecule has 5 nitrogen and oxygen atoms in total. The average Bonchev–Trinajstić information content (AvgIpc) is 2.84. The van der Waals surface area contributed by atoms with Crippen LogP contribution in [0, 0.1) is 13.8 Å². The molecule has 1 aromatic carbocycles. The van der Waals surface area contributed by atoms with Crippen LogP contribution in [0.2, 0.25) is 0 Å². The molecule has 0 aliphatic heterocycles. The lowest BCUT2D eigenvalue weighted by molar-refractivity contribution is -0.147. The van der Waals surface area contributed by atoms with Gasteiger partial charge in [-0.1, -0.05) is 29.8 Å². The molecule has 0 aliphatic carbocycles. The molecular weight excluding hydrogens is 343 g/mol. The van der Waals surface area contributed by atoms with Crippen LogP contribution in [-0.2, 0) is 28.3 Å². The molecule has 24 heavy (non-hydrogen) atoms. The van der Waals surface area contributed by atoms with Gasteiger partial charge < -0.3 is 4.57 Å². The average molecular weight is 361 g/mol. The van der Waals surface area contributed by atoms with Crippen molar-refractivity contribution >= 4 is 11.3 Å². The van der Waals surface area contributed by atoms with E-state index in [1.807, 2.05) is 19.1 Å². The lowest BCUT2D eigenvalue weighted by atomic mass is 10.1. The topological polar surface area (TPSA) is 47.4 Å². The number of nitrogens with zero attached hydrogens (tertiary/aromatic N) is 3. The number of aromatic nitrogens is 2. The molecule has 132 valence electrons. The molecule has 0 radical (unpaired) electrons. The molecule has 1 unspecified atom stereocenters. The molecule has 1 heterocycles. The van der Waals surface area contributed by atoms with Crippen LogP contribution in [0.3, 0.4) is 0 Å². The summed E-state index contributed by atoms with van der Waals surface area (Å²) in [5, 5.41) is 0. The van der Waals surface area contributed by atoms with Crippen molar-refractivity contribution in [1.29, 1.82) is 0 Å². The molecule has 9 heteroatoms. The van der Waals surface area contributed by atoms with Gasteiger partial charge in [-0.15, -0.1) is 0 Å². The molecule has 0 spiro atoms. The lowest BCUT2D eigenvalue weighted by Gasteiger charge is -2.18. The fourth-order valence-electron chi connectivity index (χ4n) is 2.28. The van der Waals surface area contributed by atoms with E-state index >= 15 is 0 Å². The first-order chi connectivity index (χ1) is 11.1. The van der Waals surface area contributed by atoms with Gasteiger partial charge in [-0.25, -0.2) is 9.19 Å². The summed E-state index contributed by atoms with van der Waals surface area (Å²) in [7, 11) is 2.63. The Hall–Kier alpha value is -1.71. The Morgan fingerprint density at radius 3 is 2.33 bits per heavy atom. The van der Waals surface area contributed by atoms with Gasteiger partial charge in [0.2, 0.25) is 17.1 Å². The van der Waals surface area contributed by atoms with Crippen LogP contribution in [-0.4, -0.2) is 32.2 Å². The smallest absolute Gasteiger partial charge is 0.310 e. The number of aryl methyl sites for hydroxylation is 1. The van der Waals surface area contributed by atoms with Crippen LogP contribution in [0.25, 0.3) is 11.3 Å². The van der Waals surface area contributed by atoms with Gasteiger partial charge in [-0.3, -0.25) is 4.18 Å².